The van der Waals surface area contributed by atoms with Crippen molar-refractivity contribution < 1.29 is 23.1 Å². The minimum Gasteiger partial charge on any atom is -0.480 e. The van der Waals surface area contributed by atoms with Gasteiger partial charge in [-0.1, -0.05) is 11.6 Å². The molecular formula is C19H20ClNO5S2. The Morgan fingerprint density at radius 3 is 2.21 bits per heavy atom. The molecule has 1 saturated heterocycles. The Balaban J connectivity index is 1.85. The van der Waals surface area contributed by atoms with Crippen molar-refractivity contribution in [1.29, 1.82) is 0 Å². The van der Waals surface area contributed by atoms with Gasteiger partial charge in [-0.05, 0) is 62.4 Å². The van der Waals surface area contributed by atoms with Gasteiger partial charge in [0.15, 0.2) is 0 Å². The molecule has 150 valence electrons. The summed E-state index contributed by atoms with van der Waals surface area (Å²) in [6, 6.07) is 11.6. The molecule has 9 heteroatoms. The number of hydrogen-bond acceptors (Lipinski definition) is 5. The van der Waals surface area contributed by atoms with E-state index in [1.165, 1.54) is 23.9 Å². The number of sulfonamides is 1. The lowest BCUT2D eigenvalue weighted by atomic mass is 10.0. The molecule has 1 atom stereocenters. The van der Waals surface area contributed by atoms with Crippen LogP contribution in [0.2, 0.25) is 5.02 Å². The van der Waals surface area contributed by atoms with E-state index in [0.717, 1.165) is 4.31 Å². The van der Waals surface area contributed by atoms with Gasteiger partial charge in [-0.25, -0.2) is 8.42 Å². The smallest absolute Gasteiger partial charge is 0.323 e. The standard InChI is InChI=1S/C19H20ClNO5S2/c1-19(2)17(18(22)23)21(11-12-27-19)28(24,25)16-9-7-15(8-10-16)26-14-5-3-13(20)4-6-14/h3-10,17H,11-12H2,1-2H3,(H,22,23). The Bertz CT molecular complexity index is 959. The zero-order valence-electron chi connectivity index (χ0n) is 15.3. The summed E-state index contributed by atoms with van der Waals surface area (Å²) in [5, 5.41) is 10.2. The molecule has 2 aromatic carbocycles. The summed E-state index contributed by atoms with van der Waals surface area (Å²) in [6.45, 7) is 3.65. The topological polar surface area (TPSA) is 83.9 Å². The van der Waals surface area contributed by atoms with E-state index in [0.29, 0.717) is 22.3 Å². The van der Waals surface area contributed by atoms with Crippen LogP contribution in [0.5, 0.6) is 11.5 Å². The van der Waals surface area contributed by atoms with Crippen LogP contribution in [0.1, 0.15) is 13.8 Å². The summed E-state index contributed by atoms with van der Waals surface area (Å²) in [6.07, 6.45) is 0. The van der Waals surface area contributed by atoms with Crippen molar-refractivity contribution in [3.8, 4) is 11.5 Å². The third-order valence-electron chi connectivity index (χ3n) is 4.45. The molecule has 0 bridgehead atoms. The Hall–Kier alpha value is -1.74. The number of hydrogen-bond donors (Lipinski definition) is 1. The molecule has 1 fully saturated rings. The van der Waals surface area contributed by atoms with Crippen LogP contribution >= 0.6 is 23.4 Å². The zero-order chi connectivity index (χ0) is 20.5. The first-order chi connectivity index (χ1) is 13.1. The number of carboxylic acids is 1. The number of nitrogens with zero attached hydrogens (tertiary/aromatic N) is 1. The fraction of sp³-hybridized carbons (Fsp3) is 0.316. The molecule has 28 heavy (non-hydrogen) atoms. The van der Waals surface area contributed by atoms with Crippen molar-refractivity contribution in [2.75, 3.05) is 12.3 Å². The average molecular weight is 442 g/mol. The van der Waals surface area contributed by atoms with Crippen molar-refractivity contribution in [1.82, 2.24) is 4.31 Å². The predicted molar refractivity (Wildman–Crippen MR) is 110 cm³/mol. The highest BCUT2D eigenvalue weighted by molar-refractivity contribution is 8.00. The van der Waals surface area contributed by atoms with E-state index in [9.17, 15) is 18.3 Å². The van der Waals surface area contributed by atoms with Gasteiger partial charge >= 0.3 is 5.97 Å². The molecule has 1 aliphatic heterocycles. The lowest BCUT2D eigenvalue weighted by molar-refractivity contribution is -0.142. The summed E-state index contributed by atoms with van der Waals surface area (Å²) in [7, 11) is -3.96. The second kappa shape index (κ2) is 7.94. The fourth-order valence-electron chi connectivity index (χ4n) is 3.09. The summed E-state index contributed by atoms with van der Waals surface area (Å²) >= 11 is 7.30. The van der Waals surface area contributed by atoms with E-state index in [2.05, 4.69) is 0 Å². The maximum atomic E-state index is 13.1. The van der Waals surface area contributed by atoms with Gasteiger partial charge in [0.1, 0.15) is 17.5 Å². The highest BCUT2D eigenvalue weighted by atomic mass is 35.5. The third-order valence-corrected chi connectivity index (χ3v) is 7.93. The van der Waals surface area contributed by atoms with Gasteiger partial charge in [-0.3, -0.25) is 4.79 Å². The lowest BCUT2D eigenvalue weighted by Crippen LogP contribution is -2.58. The molecule has 6 nitrogen and oxygen atoms in total. The van der Waals surface area contributed by atoms with Crippen LogP contribution in [0.3, 0.4) is 0 Å². The number of thioether (sulfide) groups is 1. The second-order valence-electron chi connectivity index (χ2n) is 6.84. The van der Waals surface area contributed by atoms with Gasteiger partial charge in [-0.2, -0.15) is 16.1 Å². The van der Waals surface area contributed by atoms with Crippen molar-refractivity contribution in [3.63, 3.8) is 0 Å². The van der Waals surface area contributed by atoms with E-state index >= 15 is 0 Å². The number of ether oxygens (including phenoxy) is 1. The van der Waals surface area contributed by atoms with Gasteiger partial charge in [0.05, 0.1) is 4.90 Å². The number of aliphatic carboxylic acids is 1. The average Bonchev–Trinajstić information content (AvgIpc) is 2.63. The summed E-state index contributed by atoms with van der Waals surface area (Å²) < 4.78 is 32.2. The number of benzene rings is 2. The molecule has 1 unspecified atom stereocenters. The van der Waals surface area contributed by atoms with E-state index < -0.39 is 26.8 Å². The van der Waals surface area contributed by atoms with Crippen LogP contribution in [0, 0.1) is 0 Å². The number of carbonyl (C=O) groups is 1. The first kappa shape index (κ1) is 21.0. The van der Waals surface area contributed by atoms with Crippen molar-refractivity contribution in [2.45, 2.75) is 29.5 Å². The largest absolute Gasteiger partial charge is 0.480 e. The fourth-order valence-corrected chi connectivity index (χ4v) is 6.31. The Labute approximate surface area is 173 Å². The van der Waals surface area contributed by atoms with Crippen molar-refractivity contribution >= 4 is 39.4 Å². The molecule has 3 rings (SSSR count). The van der Waals surface area contributed by atoms with Crippen LogP contribution in [-0.4, -0.2) is 46.9 Å². The Morgan fingerprint density at radius 2 is 1.68 bits per heavy atom. The Morgan fingerprint density at radius 1 is 1.14 bits per heavy atom. The quantitative estimate of drug-likeness (QED) is 0.751. The molecule has 1 aliphatic rings. The maximum Gasteiger partial charge on any atom is 0.323 e. The van der Waals surface area contributed by atoms with E-state index in [1.54, 1.807) is 50.2 Å². The normalized spacial score (nSPS) is 19.9. The van der Waals surface area contributed by atoms with Crippen LogP contribution < -0.4 is 4.74 Å². The SMILES string of the molecule is CC1(C)SCCN(S(=O)(=O)c2ccc(Oc3ccc(Cl)cc3)cc2)C1C(=O)O. The number of carboxylic acid groups (broad SMARTS) is 1. The summed E-state index contributed by atoms with van der Waals surface area (Å²) in [5.41, 5.74) is 0. The first-order valence-corrected chi connectivity index (χ1v) is 11.3. The molecule has 0 radical (unpaired) electrons. The summed E-state index contributed by atoms with van der Waals surface area (Å²) in [4.78, 5) is 11.8. The molecule has 2 aromatic rings. The van der Waals surface area contributed by atoms with Crippen LogP contribution in [0.25, 0.3) is 0 Å². The molecule has 1 heterocycles. The molecule has 0 aromatic heterocycles. The Kier molecular flexibility index (Phi) is 5.95. The molecule has 1 N–H and O–H groups in total. The summed E-state index contributed by atoms with van der Waals surface area (Å²) in [5.74, 6) is 0.420. The molecule has 0 saturated carbocycles. The van der Waals surface area contributed by atoms with Crippen molar-refractivity contribution in [2.24, 2.45) is 0 Å². The lowest BCUT2D eigenvalue weighted by Gasteiger charge is -2.42. The van der Waals surface area contributed by atoms with E-state index in [4.69, 9.17) is 16.3 Å². The first-order valence-electron chi connectivity index (χ1n) is 8.53. The van der Waals surface area contributed by atoms with Gasteiger partial charge in [0, 0.05) is 22.1 Å². The molecular weight excluding hydrogens is 422 g/mol. The zero-order valence-corrected chi connectivity index (χ0v) is 17.7. The van der Waals surface area contributed by atoms with Crippen LogP contribution in [0.4, 0.5) is 0 Å². The van der Waals surface area contributed by atoms with E-state index in [-0.39, 0.29) is 11.4 Å². The molecule has 0 amide bonds. The number of halogens is 1. The van der Waals surface area contributed by atoms with E-state index in [1.807, 2.05) is 0 Å². The minimum atomic E-state index is -3.96. The van der Waals surface area contributed by atoms with Gasteiger partial charge < -0.3 is 9.84 Å². The second-order valence-corrected chi connectivity index (χ2v) is 10.9. The minimum absolute atomic E-state index is 0.0323. The highest BCUT2D eigenvalue weighted by Gasteiger charge is 2.48. The van der Waals surface area contributed by atoms with Crippen LogP contribution in [-0.2, 0) is 14.8 Å². The number of rotatable bonds is 5. The van der Waals surface area contributed by atoms with Crippen molar-refractivity contribution in [3.05, 3.63) is 53.6 Å². The monoisotopic (exact) mass is 441 g/mol. The van der Waals surface area contributed by atoms with Gasteiger partial charge in [-0.15, -0.1) is 0 Å². The van der Waals surface area contributed by atoms with Gasteiger partial charge in [0.2, 0.25) is 10.0 Å². The van der Waals surface area contributed by atoms with Crippen LogP contribution in [0.15, 0.2) is 53.4 Å². The highest BCUT2D eigenvalue weighted by Crippen LogP contribution is 2.38. The van der Waals surface area contributed by atoms with Gasteiger partial charge in [0.25, 0.3) is 0 Å². The third kappa shape index (κ3) is 4.30. The molecule has 0 aliphatic carbocycles. The maximum absolute atomic E-state index is 13.1. The molecule has 0 spiro atoms. The predicted octanol–water partition coefficient (Wildman–Crippen LogP) is 4.10.